The van der Waals surface area contributed by atoms with Crippen molar-refractivity contribution in [3.63, 3.8) is 0 Å². The van der Waals surface area contributed by atoms with Gasteiger partial charge in [-0.25, -0.2) is 0 Å². The number of alkyl halides is 3. The molecule has 116 valence electrons. The van der Waals surface area contributed by atoms with Gasteiger partial charge in [0.2, 0.25) is 0 Å². The first kappa shape index (κ1) is 15.4. The van der Waals surface area contributed by atoms with Crippen LogP contribution < -0.4 is 0 Å². The molecule has 1 heterocycles. The summed E-state index contributed by atoms with van der Waals surface area (Å²) in [5, 5.41) is 0. The summed E-state index contributed by atoms with van der Waals surface area (Å²) in [4.78, 5) is 3.16. The molecule has 2 aromatic carbocycles. The van der Waals surface area contributed by atoms with Crippen LogP contribution in [-0.2, 0) is 19.3 Å². The van der Waals surface area contributed by atoms with E-state index >= 15 is 0 Å². The molecule has 5 heteroatoms. The van der Waals surface area contributed by atoms with E-state index in [1.54, 1.807) is 17.8 Å². The lowest BCUT2D eigenvalue weighted by Crippen LogP contribution is -2.24. The lowest BCUT2D eigenvalue weighted by Gasteiger charge is -2.20. The fraction of sp³-hybridized carbons (Fsp3) is 0.294. The zero-order valence-electron chi connectivity index (χ0n) is 11.9. The van der Waals surface area contributed by atoms with Crippen molar-refractivity contribution in [3.8, 4) is 0 Å². The zero-order valence-corrected chi connectivity index (χ0v) is 12.8. The molecule has 0 aromatic heterocycles. The molecule has 0 radical (unpaired) electrons. The summed E-state index contributed by atoms with van der Waals surface area (Å²) >= 11 is 1.63. The lowest BCUT2D eigenvalue weighted by molar-refractivity contribution is -0.137. The minimum Gasteiger partial charge on any atom is -0.294 e. The fourth-order valence-corrected chi connectivity index (χ4v) is 3.64. The van der Waals surface area contributed by atoms with E-state index in [0.29, 0.717) is 6.54 Å². The molecule has 0 aliphatic carbocycles. The van der Waals surface area contributed by atoms with Gasteiger partial charge in [0.15, 0.2) is 0 Å². The van der Waals surface area contributed by atoms with Gasteiger partial charge in [-0.2, -0.15) is 13.2 Å². The van der Waals surface area contributed by atoms with E-state index in [1.165, 1.54) is 17.7 Å². The molecular formula is C17H16F3NS. The molecule has 0 amide bonds. The van der Waals surface area contributed by atoms with Gasteiger partial charge in [-0.3, -0.25) is 4.90 Å². The molecule has 0 spiro atoms. The monoisotopic (exact) mass is 323 g/mol. The number of rotatable bonds is 2. The van der Waals surface area contributed by atoms with Gasteiger partial charge in [0, 0.05) is 30.3 Å². The maximum absolute atomic E-state index is 12.9. The van der Waals surface area contributed by atoms with Crippen LogP contribution in [0.3, 0.4) is 0 Å². The standard InChI is InChI=1S/C17H16F3NS/c18-17(19,20)15-6-7-16-14(10-15)12-21(8-9-22-16)11-13-4-2-1-3-5-13/h1-7,10H,8-9,11-12H2. The molecule has 3 rings (SSSR count). The van der Waals surface area contributed by atoms with Gasteiger partial charge < -0.3 is 0 Å². The number of benzene rings is 2. The topological polar surface area (TPSA) is 3.24 Å². The van der Waals surface area contributed by atoms with Crippen molar-refractivity contribution in [2.75, 3.05) is 12.3 Å². The second kappa shape index (κ2) is 6.34. The number of thioether (sulfide) groups is 1. The third-order valence-electron chi connectivity index (χ3n) is 3.70. The van der Waals surface area contributed by atoms with Gasteiger partial charge >= 0.3 is 6.18 Å². The van der Waals surface area contributed by atoms with Crippen LogP contribution in [0.4, 0.5) is 13.2 Å². The van der Waals surface area contributed by atoms with E-state index in [1.807, 2.05) is 30.3 Å². The van der Waals surface area contributed by atoms with Crippen molar-refractivity contribution in [1.82, 2.24) is 4.90 Å². The average molecular weight is 323 g/mol. The molecule has 0 fully saturated rings. The van der Waals surface area contributed by atoms with Crippen LogP contribution in [0.2, 0.25) is 0 Å². The van der Waals surface area contributed by atoms with Crippen molar-refractivity contribution in [2.45, 2.75) is 24.2 Å². The summed E-state index contributed by atoms with van der Waals surface area (Å²) in [7, 11) is 0. The summed E-state index contributed by atoms with van der Waals surface area (Å²) in [6.07, 6.45) is -4.28. The Labute approximate surface area is 132 Å². The number of nitrogens with zero attached hydrogens (tertiary/aromatic N) is 1. The van der Waals surface area contributed by atoms with E-state index in [9.17, 15) is 13.2 Å². The number of hydrogen-bond donors (Lipinski definition) is 0. The molecule has 0 atom stereocenters. The summed E-state index contributed by atoms with van der Waals surface area (Å²) in [6.45, 7) is 2.19. The predicted molar refractivity (Wildman–Crippen MR) is 82.7 cm³/mol. The Hall–Kier alpha value is -1.46. The minimum absolute atomic E-state index is 0.557. The first-order valence-corrected chi connectivity index (χ1v) is 8.10. The van der Waals surface area contributed by atoms with Gasteiger partial charge in [0.1, 0.15) is 0 Å². The van der Waals surface area contributed by atoms with Crippen LogP contribution in [0.15, 0.2) is 53.4 Å². The Morgan fingerprint density at radius 3 is 2.55 bits per heavy atom. The summed E-state index contributed by atoms with van der Waals surface area (Å²) in [5.41, 5.74) is 1.39. The first-order valence-electron chi connectivity index (χ1n) is 7.11. The van der Waals surface area contributed by atoms with E-state index in [2.05, 4.69) is 4.90 Å². The summed E-state index contributed by atoms with van der Waals surface area (Å²) < 4.78 is 38.6. The van der Waals surface area contributed by atoms with Gasteiger partial charge in [0.25, 0.3) is 0 Å². The highest BCUT2D eigenvalue weighted by Crippen LogP contribution is 2.35. The van der Waals surface area contributed by atoms with Gasteiger partial charge in [0.05, 0.1) is 5.56 Å². The van der Waals surface area contributed by atoms with E-state index in [-0.39, 0.29) is 0 Å². The highest BCUT2D eigenvalue weighted by Gasteiger charge is 2.31. The highest BCUT2D eigenvalue weighted by atomic mass is 32.2. The first-order chi connectivity index (χ1) is 10.5. The Balaban J connectivity index is 1.82. The SMILES string of the molecule is FC(F)(F)c1ccc2c(c1)CN(Cc1ccccc1)CCS2. The number of halogens is 3. The Morgan fingerprint density at radius 1 is 1.05 bits per heavy atom. The van der Waals surface area contributed by atoms with Crippen LogP contribution in [0.1, 0.15) is 16.7 Å². The third kappa shape index (κ3) is 3.65. The second-order valence-electron chi connectivity index (χ2n) is 5.36. The van der Waals surface area contributed by atoms with Crippen molar-refractivity contribution in [1.29, 1.82) is 0 Å². The average Bonchev–Trinajstić information content (AvgIpc) is 2.68. The van der Waals surface area contributed by atoms with Gasteiger partial charge in [-0.15, -0.1) is 11.8 Å². The largest absolute Gasteiger partial charge is 0.416 e. The molecule has 0 unspecified atom stereocenters. The van der Waals surface area contributed by atoms with E-state index in [4.69, 9.17) is 0 Å². The van der Waals surface area contributed by atoms with E-state index < -0.39 is 11.7 Å². The predicted octanol–water partition coefficient (Wildman–Crippen LogP) is 4.81. The molecule has 0 bridgehead atoms. The van der Waals surface area contributed by atoms with Crippen LogP contribution >= 0.6 is 11.8 Å². The number of hydrogen-bond acceptors (Lipinski definition) is 2. The molecule has 0 saturated heterocycles. The molecule has 1 nitrogen and oxygen atoms in total. The molecule has 2 aromatic rings. The van der Waals surface area contributed by atoms with Crippen molar-refractivity contribution < 1.29 is 13.2 Å². The Morgan fingerprint density at radius 2 is 1.82 bits per heavy atom. The molecule has 1 aliphatic rings. The smallest absolute Gasteiger partial charge is 0.294 e. The highest BCUT2D eigenvalue weighted by molar-refractivity contribution is 7.99. The van der Waals surface area contributed by atoms with Crippen molar-refractivity contribution in [2.24, 2.45) is 0 Å². The maximum Gasteiger partial charge on any atom is 0.416 e. The van der Waals surface area contributed by atoms with E-state index in [0.717, 1.165) is 29.3 Å². The quantitative estimate of drug-likeness (QED) is 0.780. The molecule has 0 saturated carbocycles. The van der Waals surface area contributed by atoms with Crippen LogP contribution in [0.5, 0.6) is 0 Å². The second-order valence-corrected chi connectivity index (χ2v) is 6.50. The number of fused-ring (bicyclic) bond motifs is 1. The molecule has 1 aliphatic heterocycles. The minimum atomic E-state index is -4.28. The molecule has 22 heavy (non-hydrogen) atoms. The lowest BCUT2D eigenvalue weighted by atomic mass is 10.1. The molecule has 0 N–H and O–H groups in total. The Bertz CT molecular complexity index is 640. The van der Waals surface area contributed by atoms with Gasteiger partial charge in [-0.05, 0) is 29.3 Å². The van der Waals surface area contributed by atoms with Gasteiger partial charge in [-0.1, -0.05) is 30.3 Å². The maximum atomic E-state index is 12.9. The van der Waals surface area contributed by atoms with Crippen molar-refractivity contribution in [3.05, 3.63) is 65.2 Å². The van der Waals surface area contributed by atoms with Crippen LogP contribution in [0, 0.1) is 0 Å². The summed E-state index contributed by atoms with van der Waals surface area (Å²) in [6, 6.07) is 14.1. The van der Waals surface area contributed by atoms with Crippen LogP contribution in [0.25, 0.3) is 0 Å². The van der Waals surface area contributed by atoms with Crippen LogP contribution in [-0.4, -0.2) is 17.2 Å². The Kier molecular flexibility index (Phi) is 4.45. The zero-order chi connectivity index (χ0) is 15.6. The fourth-order valence-electron chi connectivity index (χ4n) is 2.60. The molecular weight excluding hydrogens is 307 g/mol. The van der Waals surface area contributed by atoms with Crippen molar-refractivity contribution >= 4 is 11.8 Å². The third-order valence-corrected chi connectivity index (χ3v) is 4.79. The normalized spacial score (nSPS) is 16.1. The summed E-state index contributed by atoms with van der Waals surface area (Å²) in [5.74, 6) is 0.894.